The van der Waals surface area contributed by atoms with Gasteiger partial charge in [-0.25, -0.2) is 9.82 Å². The molecule has 5 heteroatoms. The second-order valence-corrected chi connectivity index (χ2v) is 5.28. The molecule has 1 unspecified atom stereocenters. The molecule has 2 aliphatic rings. The van der Waals surface area contributed by atoms with Crippen LogP contribution in [0.2, 0.25) is 0 Å². The van der Waals surface area contributed by atoms with E-state index in [2.05, 4.69) is 39.6 Å². The summed E-state index contributed by atoms with van der Waals surface area (Å²) in [5, 5.41) is 2.11. The highest BCUT2D eigenvalue weighted by atomic mass is 19.1. The van der Waals surface area contributed by atoms with Crippen LogP contribution in [0.25, 0.3) is 0 Å². The third-order valence-electron chi connectivity index (χ3n) is 3.91. The molecule has 1 aromatic heterocycles. The Morgan fingerprint density at radius 3 is 3.05 bits per heavy atom. The molecule has 1 aromatic rings. The summed E-state index contributed by atoms with van der Waals surface area (Å²) in [5.41, 5.74) is 4.23. The summed E-state index contributed by atoms with van der Waals surface area (Å²) in [6, 6.07) is 3.83. The molecule has 1 saturated heterocycles. The summed E-state index contributed by atoms with van der Waals surface area (Å²) in [4.78, 5) is 6.52. The minimum Gasteiger partial charge on any atom is -0.313 e. The molecule has 0 radical (unpaired) electrons. The van der Waals surface area contributed by atoms with Crippen molar-refractivity contribution in [3.8, 4) is 0 Å². The fourth-order valence-electron chi connectivity index (χ4n) is 2.74. The fourth-order valence-corrected chi connectivity index (χ4v) is 2.74. The number of rotatable bonds is 3. The van der Waals surface area contributed by atoms with Gasteiger partial charge >= 0.3 is 0 Å². The number of nitrogens with one attached hydrogen (secondary N) is 1. The Hall–Kier alpha value is -1.46. The number of pyridine rings is 1. The van der Waals surface area contributed by atoms with Crippen molar-refractivity contribution in [2.24, 2.45) is 0 Å². The lowest BCUT2D eigenvalue weighted by Gasteiger charge is -2.26. The van der Waals surface area contributed by atoms with Gasteiger partial charge in [-0.15, -0.1) is 0 Å². The van der Waals surface area contributed by atoms with Gasteiger partial charge in [0.1, 0.15) is 5.82 Å². The predicted octanol–water partition coefficient (Wildman–Crippen LogP) is 1.69. The van der Waals surface area contributed by atoms with Gasteiger partial charge in [-0.05, 0) is 44.6 Å². The smallest absolute Gasteiger partial charge is 0.141 e. The van der Waals surface area contributed by atoms with Gasteiger partial charge in [-0.2, -0.15) is 0 Å². The van der Waals surface area contributed by atoms with Gasteiger partial charge in [0.25, 0.3) is 0 Å². The number of hydrogen-bond donors (Lipinski definition) is 1. The summed E-state index contributed by atoms with van der Waals surface area (Å²) < 4.78 is 12.8. The van der Waals surface area contributed by atoms with Crippen LogP contribution in [0.1, 0.15) is 24.6 Å². The number of hydrogen-bond acceptors (Lipinski definition) is 4. The second kappa shape index (κ2) is 5.27. The minimum absolute atomic E-state index is 0.0484. The first-order chi connectivity index (χ1) is 9.22. The monoisotopic (exact) mass is 262 g/mol. The number of nitrogens with zero attached hydrogens (tertiary/aromatic N) is 3. The van der Waals surface area contributed by atoms with Gasteiger partial charge in [0.2, 0.25) is 0 Å². The van der Waals surface area contributed by atoms with Crippen LogP contribution in [-0.4, -0.2) is 41.1 Å². The second-order valence-electron chi connectivity index (χ2n) is 5.28. The van der Waals surface area contributed by atoms with Crippen molar-refractivity contribution in [1.29, 1.82) is 0 Å². The van der Waals surface area contributed by atoms with E-state index in [1.54, 1.807) is 6.07 Å². The first-order valence-electron chi connectivity index (χ1n) is 6.75. The van der Waals surface area contributed by atoms with Gasteiger partial charge < -0.3 is 9.91 Å². The maximum atomic E-state index is 12.8. The standard InChI is InChI=1S/C14H19FN4/c1-18-7-2-3-12(18)10-19-8-6-14(17-19)13-5-4-11(15)9-16-13/h4-6,8-9,12,14,17H,2-3,7,10H2,1H3/t12-,14?/m0/s1. The first kappa shape index (κ1) is 12.6. The number of likely N-dealkylation sites (N-methyl/N-ethyl adjacent to an activating group) is 1. The minimum atomic E-state index is -0.296. The molecule has 2 aliphatic heterocycles. The normalized spacial score (nSPS) is 27.4. The third kappa shape index (κ3) is 2.77. The summed E-state index contributed by atoms with van der Waals surface area (Å²) >= 11 is 0. The first-order valence-corrected chi connectivity index (χ1v) is 6.75. The topological polar surface area (TPSA) is 31.4 Å². The number of aromatic nitrogens is 1. The molecule has 0 bridgehead atoms. The van der Waals surface area contributed by atoms with E-state index in [0.29, 0.717) is 6.04 Å². The SMILES string of the molecule is CN1CCC[C@H]1CN1C=CC(c2ccc(F)cn2)N1. The van der Waals surface area contributed by atoms with Crippen LogP contribution in [0.3, 0.4) is 0 Å². The molecular formula is C14H19FN4. The number of hydrazine groups is 1. The summed E-state index contributed by atoms with van der Waals surface area (Å²) in [6.45, 7) is 2.16. The van der Waals surface area contributed by atoms with Crippen molar-refractivity contribution < 1.29 is 4.39 Å². The lowest BCUT2D eigenvalue weighted by atomic mass is 10.2. The van der Waals surface area contributed by atoms with Crippen molar-refractivity contribution in [2.45, 2.75) is 24.9 Å². The highest BCUT2D eigenvalue weighted by Crippen LogP contribution is 2.21. The Morgan fingerprint density at radius 1 is 1.47 bits per heavy atom. The van der Waals surface area contributed by atoms with Gasteiger partial charge in [-0.3, -0.25) is 4.98 Å². The van der Waals surface area contributed by atoms with Gasteiger partial charge in [0.05, 0.1) is 17.9 Å². The molecule has 1 fully saturated rings. The lowest BCUT2D eigenvalue weighted by Crippen LogP contribution is -2.41. The predicted molar refractivity (Wildman–Crippen MR) is 71.6 cm³/mol. The Balaban J connectivity index is 1.58. The average Bonchev–Trinajstić information content (AvgIpc) is 3.01. The molecule has 2 atom stereocenters. The van der Waals surface area contributed by atoms with E-state index in [0.717, 1.165) is 12.2 Å². The Bertz CT molecular complexity index is 459. The molecule has 1 N–H and O–H groups in total. The molecule has 0 saturated carbocycles. The van der Waals surface area contributed by atoms with E-state index in [1.165, 1.54) is 31.6 Å². The van der Waals surface area contributed by atoms with E-state index in [9.17, 15) is 4.39 Å². The van der Waals surface area contributed by atoms with Crippen LogP contribution in [0.15, 0.2) is 30.6 Å². The zero-order valence-corrected chi connectivity index (χ0v) is 11.1. The third-order valence-corrected chi connectivity index (χ3v) is 3.91. The Labute approximate surface area is 112 Å². The van der Waals surface area contributed by atoms with E-state index in [4.69, 9.17) is 0 Å². The Kier molecular flexibility index (Phi) is 3.48. The maximum absolute atomic E-state index is 12.8. The number of likely N-dealkylation sites (tertiary alicyclic amines) is 1. The van der Waals surface area contributed by atoms with Crippen LogP contribution in [0.4, 0.5) is 4.39 Å². The summed E-state index contributed by atoms with van der Waals surface area (Å²) in [7, 11) is 2.18. The largest absolute Gasteiger partial charge is 0.313 e. The zero-order chi connectivity index (χ0) is 13.2. The molecule has 4 nitrogen and oxygen atoms in total. The van der Waals surface area contributed by atoms with Crippen molar-refractivity contribution in [3.05, 3.63) is 42.1 Å². The van der Waals surface area contributed by atoms with Crippen LogP contribution < -0.4 is 5.43 Å². The van der Waals surface area contributed by atoms with Crippen molar-refractivity contribution in [1.82, 2.24) is 20.3 Å². The quantitative estimate of drug-likeness (QED) is 0.898. The average molecular weight is 262 g/mol. The molecular weight excluding hydrogens is 243 g/mol. The van der Waals surface area contributed by atoms with Crippen LogP contribution >= 0.6 is 0 Å². The molecule has 19 heavy (non-hydrogen) atoms. The van der Waals surface area contributed by atoms with Crippen molar-refractivity contribution in [3.63, 3.8) is 0 Å². The molecule has 3 heterocycles. The summed E-state index contributed by atoms with van der Waals surface area (Å²) in [6.07, 6.45) is 7.92. The zero-order valence-electron chi connectivity index (χ0n) is 11.1. The van der Waals surface area contributed by atoms with Gasteiger partial charge in [0, 0.05) is 18.8 Å². The molecule has 3 rings (SSSR count). The van der Waals surface area contributed by atoms with Gasteiger partial charge in [0.15, 0.2) is 0 Å². The van der Waals surface area contributed by atoms with Crippen molar-refractivity contribution >= 4 is 0 Å². The van der Waals surface area contributed by atoms with Crippen molar-refractivity contribution in [2.75, 3.05) is 20.1 Å². The Morgan fingerprint density at radius 2 is 2.37 bits per heavy atom. The lowest BCUT2D eigenvalue weighted by molar-refractivity contribution is 0.194. The fraction of sp³-hybridized carbons (Fsp3) is 0.500. The molecule has 0 spiro atoms. The molecule has 0 aromatic carbocycles. The van der Waals surface area contributed by atoms with E-state index < -0.39 is 0 Å². The van der Waals surface area contributed by atoms with Crippen LogP contribution in [-0.2, 0) is 0 Å². The highest BCUT2D eigenvalue weighted by molar-refractivity contribution is 5.17. The maximum Gasteiger partial charge on any atom is 0.141 e. The van der Waals surface area contributed by atoms with Gasteiger partial charge in [-0.1, -0.05) is 0 Å². The molecule has 102 valence electrons. The number of halogens is 1. The van der Waals surface area contributed by atoms with E-state index in [1.807, 2.05) is 0 Å². The summed E-state index contributed by atoms with van der Waals surface area (Å²) in [5.74, 6) is -0.296. The molecule has 0 aliphatic carbocycles. The van der Waals surface area contributed by atoms with E-state index >= 15 is 0 Å². The van der Waals surface area contributed by atoms with Crippen LogP contribution in [0, 0.1) is 5.82 Å². The van der Waals surface area contributed by atoms with Crippen LogP contribution in [0.5, 0.6) is 0 Å². The highest BCUT2D eigenvalue weighted by Gasteiger charge is 2.25. The van der Waals surface area contributed by atoms with E-state index in [-0.39, 0.29) is 11.9 Å². The molecule has 0 amide bonds.